The van der Waals surface area contributed by atoms with Gasteiger partial charge in [0.25, 0.3) is 0 Å². The van der Waals surface area contributed by atoms with E-state index in [0.717, 1.165) is 5.56 Å². The Morgan fingerprint density at radius 1 is 1.24 bits per heavy atom. The van der Waals surface area contributed by atoms with Gasteiger partial charge in [-0.25, -0.2) is 0 Å². The Labute approximate surface area is 123 Å². The minimum absolute atomic E-state index is 0.0873. The molecule has 1 fully saturated rings. The van der Waals surface area contributed by atoms with E-state index in [1.54, 1.807) is 0 Å². The highest BCUT2D eigenvalue weighted by Gasteiger charge is 2.73. The summed E-state index contributed by atoms with van der Waals surface area (Å²) in [7, 11) is 0. The lowest BCUT2D eigenvalue weighted by Gasteiger charge is -2.37. The van der Waals surface area contributed by atoms with Crippen molar-refractivity contribution in [2.45, 2.75) is 44.1 Å². The molecule has 0 saturated heterocycles. The van der Waals surface area contributed by atoms with Gasteiger partial charge in [-0.05, 0) is 23.8 Å². The number of nitrogens with two attached hydrogens (primary N) is 1. The zero-order valence-corrected chi connectivity index (χ0v) is 12.3. The van der Waals surface area contributed by atoms with E-state index in [1.807, 2.05) is 44.2 Å². The van der Waals surface area contributed by atoms with Crippen molar-refractivity contribution in [3.05, 3.63) is 35.9 Å². The molecule has 5 nitrogen and oxygen atoms in total. The van der Waals surface area contributed by atoms with Gasteiger partial charge >= 0.3 is 11.9 Å². The quantitative estimate of drug-likeness (QED) is 0.744. The molecular formula is C16H21NO4. The van der Waals surface area contributed by atoms with Gasteiger partial charge in [0, 0.05) is 11.8 Å². The second-order valence-electron chi connectivity index (χ2n) is 6.50. The van der Waals surface area contributed by atoms with Gasteiger partial charge in [-0.3, -0.25) is 9.59 Å². The minimum Gasteiger partial charge on any atom is -0.481 e. The van der Waals surface area contributed by atoms with E-state index in [-0.39, 0.29) is 18.3 Å². The second-order valence-corrected chi connectivity index (χ2v) is 6.50. The van der Waals surface area contributed by atoms with E-state index in [1.165, 1.54) is 0 Å². The summed E-state index contributed by atoms with van der Waals surface area (Å²) in [6.07, 6.45) is 0.288. The Morgan fingerprint density at radius 2 is 1.76 bits per heavy atom. The first-order chi connectivity index (χ1) is 9.67. The van der Waals surface area contributed by atoms with Crippen LogP contribution in [0, 0.1) is 5.41 Å². The van der Waals surface area contributed by atoms with E-state index in [4.69, 9.17) is 10.8 Å². The maximum absolute atomic E-state index is 11.9. The number of benzene rings is 1. The number of hydrogen-bond acceptors (Lipinski definition) is 3. The number of hydrogen-bond donors (Lipinski definition) is 3. The van der Waals surface area contributed by atoms with Crippen LogP contribution in [-0.2, 0) is 15.0 Å². The van der Waals surface area contributed by atoms with Crippen LogP contribution in [-0.4, -0.2) is 27.7 Å². The standard InChI is InChI=1S/C16H21NO4/c1-14(2)10-15(14,11-6-4-3-5-7-11)16(17,13(20)21)9-8-12(18)19/h3-7H,8-10,17H2,1-2H3,(H,18,19)(H,20,21)/t15-,16+/m1/s1. The molecule has 5 heteroatoms. The molecule has 1 saturated carbocycles. The summed E-state index contributed by atoms with van der Waals surface area (Å²) in [5.41, 5.74) is 4.54. The van der Waals surface area contributed by atoms with Gasteiger partial charge < -0.3 is 15.9 Å². The topological polar surface area (TPSA) is 101 Å². The van der Waals surface area contributed by atoms with Crippen LogP contribution in [0.2, 0.25) is 0 Å². The number of carboxylic acid groups (broad SMARTS) is 2. The number of carboxylic acids is 2. The molecule has 0 aliphatic heterocycles. The van der Waals surface area contributed by atoms with Crippen LogP contribution in [0.25, 0.3) is 0 Å². The third kappa shape index (κ3) is 2.21. The van der Waals surface area contributed by atoms with Gasteiger partial charge in [0.1, 0.15) is 5.54 Å². The van der Waals surface area contributed by atoms with Crippen LogP contribution in [0.4, 0.5) is 0 Å². The zero-order chi connectivity index (χ0) is 15.9. The highest BCUT2D eigenvalue weighted by Crippen LogP contribution is 2.69. The molecule has 0 heterocycles. The zero-order valence-electron chi connectivity index (χ0n) is 12.3. The molecule has 2 atom stereocenters. The van der Waals surface area contributed by atoms with Gasteiger partial charge in [-0.15, -0.1) is 0 Å². The van der Waals surface area contributed by atoms with Crippen LogP contribution in [0.5, 0.6) is 0 Å². The number of carbonyl (C=O) groups is 2. The molecule has 1 aliphatic carbocycles. The van der Waals surface area contributed by atoms with Crippen molar-refractivity contribution in [1.29, 1.82) is 0 Å². The molecule has 0 bridgehead atoms. The summed E-state index contributed by atoms with van der Waals surface area (Å²) in [4.78, 5) is 22.7. The Hall–Kier alpha value is -1.88. The molecule has 4 N–H and O–H groups in total. The van der Waals surface area contributed by atoms with Gasteiger partial charge in [-0.2, -0.15) is 0 Å². The van der Waals surface area contributed by atoms with Crippen LogP contribution < -0.4 is 5.73 Å². The summed E-state index contributed by atoms with van der Waals surface area (Å²) in [6.45, 7) is 3.95. The molecule has 0 aromatic heterocycles. The normalized spacial score (nSPS) is 25.9. The van der Waals surface area contributed by atoms with E-state index in [9.17, 15) is 14.7 Å². The third-order valence-corrected chi connectivity index (χ3v) is 4.88. The Kier molecular flexibility index (Phi) is 3.58. The van der Waals surface area contributed by atoms with Gasteiger partial charge in [-0.1, -0.05) is 44.2 Å². The summed E-state index contributed by atoms with van der Waals surface area (Å²) in [5, 5.41) is 18.6. The monoisotopic (exact) mass is 291 g/mol. The molecule has 21 heavy (non-hydrogen) atoms. The van der Waals surface area contributed by atoms with Crippen LogP contribution >= 0.6 is 0 Å². The van der Waals surface area contributed by atoms with Crippen molar-refractivity contribution in [1.82, 2.24) is 0 Å². The van der Waals surface area contributed by atoms with Crippen LogP contribution in [0.1, 0.15) is 38.7 Å². The van der Waals surface area contributed by atoms with Crippen LogP contribution in [0.15, 0.2) is 30.3 Å². The average Bonchev–Trinajstić information content (AvgIpc) is 3.01. The molecule has 114 valence electrons. The van der Waals surface area contributed by atoms with Crippen molar-refractivity contribution < 1.29 is 19.8 Å². The maximum atomic E-state index is 11.9. The van der Waals surface area contributed by atoms with Gasteiger partial charge in [0.05, 0.1) is 0 Å². The lowest BCUT2D eigenvalue weighted by molar-refractivity contribution is -0.146. The summed E-state index contributed by atoms with van der Waals surface area (Å²) >= 11 is 0. The number of rotatable bonds is 6. The largest absolute Gasteiger partial charge is 0.481 e. The Morgan fingerprint density at radius 3 is 2.14 bits per heavy atom. The minimum atomic E-state index is -1.59. The van der Waals surface area contributed by atoms with Gasteiger partial charge in [0.15, 0.2) is 0 Å². The van der Waals surface area contributed by atoms with Crippen LogP contribution in [0.3, 0.4) is 0 Å². The molecule has 2 rings (SSSR count). The first kappa shape index (κ1) is 15.5. The maximum Gasteiger partial charge on any atom is 0.324 e. The van der Waals surface area contributed by atoms with E-state index in [2.05, 4.69) is 0 Å². The van der Waals surface area contributed by atoms with Crippen molar-refractivity contribution in [2.75, 3.05) is 0 Å². The van der Waals surface area contributed by atoms with E-state index >= 15 is 0 Å². The SMILES string of the molecule is CC1(C)C[C@]1(c1ccccc1)[C@](N)(CCC(=O)O)C(=O)O. The highest BCUT2D eigenvalue weighted by atomic mass is 16.4. The average molecular weight is 291 g/mol. The Balaban J connectivity index is 2.50. The smallest absolute Gasteiger partial charge is 0.324 e. The molecule has 0 spiro atoms. The van der Waals surface area contributed by atoms with Gasteiger partial charge in [0.2, 0.25) is 0 Å². The van der Waals surface area contributed by atoms with E-state index in [0.29, 0.717) is 6.42 Å². The fraction of sp³-hybridized carbons (Fsp3) is 0.500. The van der Waals surface area contributed by atoms with Crippen molar-refractivity contribution in [2.24, 2.45) is 11.1 Å². The van der Waals surface area contributed by atoms with Crippen molar-refractivity contribution in [3.8, 4) is 0 Å². The summed E-state index contributed by atoms with van der Waals surface area (Å²) in [5.74, 6) is -2.18. The second kappa shape index (κ2) is 4.84. The Bertz CT molecular complexity index is 569. The molecule has 1 aromatic carbocycles. The highest BCUT2D eigenvalue weighted by molar-refractivity contribution is 5.84. The predicted octanol–water partition coefficient (Wildman–Crippen LogP) is 2.00. The molecule has 1 aliphatic rings. The molecule has 0 radical (unpaired) electrons. The molecule has 0 unspecified atom stereocenters. The summed E-state index contributed by atoms with van der Waals surface area (Å²) < 4.78 is 0. The predicted molar refractivity (Wildman–Crippen MR) is 77.9 cm³/mol. The van der Waals surface area contributed by atoms with Crippen molar-refractivity contribution in [3.63, 3.8) is 0 Å². The lowest BCUT2D eigenvalue weighted by Crippen LogP contribution is -2.59. The lowest BCUT2D eigenvalue weighted by atomic mass is 9.69. The first-order valence-electron chi connectivity index (χ1n) is 6.97. The van der Waals surface area contributed by atoms with Crippen molar-refractivity contribution >= 4 is 11.9 Å². The molecular weight excluding hydrogens is 270 g/mol. The fourth-order valence-corrected chi connectivity index (χ4v) is 3.66. The summed E-state index contributed by atoms with van der Waals surface area (Å²) in [6, 6.07) is 9.32. The molecule has 0 amide bonds. The van der Waals surface area contributed by atoms with E-state index < -0.39 is 22.9 Å². The number of aliphatic carboxylic acids is 2. The third-order valence-electron chi connectivity index (χ3n) is 4.88. The molecule has 1 aromatic rings. The fourth-order valence-electron chi connectivity index (χ4n) is 3.66. The first-order valence-corrected chi connectivity index (χ1v) is 6.97.